The number of hydrogen-bond acceptors (Lipinski definition) is 3. The molecule has 1 unspecified atom stereocenters. The molecule has 1 aromatic heterocycles. The topological polar surface area (TPSA) is 45.5 Å². The van der Waals surface area contributed by atoms with E-state index in [1.54, 1.807) is 6.07 Å². The standard InChI is InChI=1S/C16H18N2O2/c19-16(13-8-10-20-12-13)17-11-15-7-4-9-18(15)14-5-2-1-3-6-14/h1-3,5-6,8,10,12,15H,4,7,9,11H2,(H,17,19). The lowest BCUT2D eigenvalue weighted by Crippen LogP contribution is -2.40. The molecule has 1 aromatic carbocycles. The van der Waals surface area contributed by atoms with Crippen molar-refractivity contribution in [3.05, 3.63) is 54.5 Å². The molecule has 2 aromatic rings. The molecule has 1 aliphatic heterocycles. The summed E-state index contributed by atoms with van der Waals surface area (Å²) in [4.78, 5) is 14.3. The summed E-state index contributed by atoms with van der Waals surface area (Å²) in [5.74, 6) is -0.0707. The Hall–Kier alpha value is -2.23. The number of hydrogen-bond donors (Lipinski definition) is 1. The van der Waals surface area contributed by atoms with Gasteiger partial charge in [-0.3, -0.25) is 4.79 Å². The molecule has 4 nitrogen and oxygen atoms in total. The van der Waals surface area contributed by atoms with Crippen molar-refractivity contribution < 1.29 is 9.21 Å². The van der Waals surface area contributed by atoms with Gasteiger partial charge >= 0.3 is 0 Å². The van der Waals surface area contributed by atoms with Crippen LogP contribution in [0.4, 0.5) is 5.69 Å². The highest BCUT2D eigenvalue weighted by Gasteiger charge is 2.25. The summed E-state index contributed by atoms with van der Waals surface area (Å²) in [5, 5.41) is 2.99. The number of rotatable bonds is 4. The molecule has 1 fully saturated rings. The molecule has 104 valence electrons. The van der Waals surface area contributed by atoms with Crippen molar-refractivity contribution in [2.75, 3.05) is 18.0 Å². The Morgan fingerprint density at radius 1 is 1.30 bits per heavy atom. The monoisotopic (exact) mass is 270 g/mol. The molecule has 4 heteroatoms. The molecule has 1 saturated heterocycles. The zero-order valence-corrected chi connectivity index (χ0v) is 11.3. The summed E-state index contributed by atoms with van der Waals surface area (Å²) in [6.07, 6.45) is 5.27. The van der Waals surface area contributed by atoms with Gasteiger partial charge in [0.2, 0.25) is 0 Å². The number of nitrogens with one attached hydrogen (secondary N) is 1. The Bertz CT molecular complexity index is 551. The highest BCUT2D eigenvalue weighted by molar-refractivity contribution is 5.93. The Labute approximate surface area is 118 Å². The largest absolute Gasteiger partial charge is 0.472 e. The van der Waals surface area contributed by atoms with Crippen molar-refractivity contribution in [3.63, 3.8) is 0 Å². The van der Waals surface area contributed by atoms with E-state index in [4.69, 9.17) is 4.42 Å². The summed E-state index contributed by atoms with van der Waals surface area (Å²) in [7, 11) is 0. The lowest BCUT2D eigenvalue weighted by molar-refractivity contribution is 0.0950. The highest BCUT2D eigenvalue weighted by atomic mass is 16.3. The number of benzene rings is 1. The fourth-order valence-corrected chi connectivity index (χ4v) is 2.71. The third-order valence-electron chi connectivity index (χ3n) is 3.75. The van der Waals surface area contributed by atoms with E-state index in [1.165, 1.54) is 24.6 Å². The third kappa shape index (κ3) is 2.69. The van der Waals surface area contributed by atoms with E-state index in [0.717, 1.165) is 13.0 Å². The van der Waals surface area contributed by atoms with E-state index in [1.807, 2.05) is 6.07 Å². The molecule has 0 spiro atoms. The summed E-state index contributed by atoms with van der Waals surface area (Å²) >= 11 is 0. The lowest BCUT2D eigenvalue weighted by Gasteiger charge is -2.27. The average molecular weight is 270 g/mol. The number of carbonyl (C=O) groups is 1. The minimum absolute atomic E-state index is 0.0707. The highest BCUT2D eigenvalue weighted by Crippen LogP contribution is 2.24. The van der Waals surface area contributed by atoms with Crippen LogP contribution in [0.1, 0.15) is 23.2 Å². The Balaban J connectivity index is 1.61. The minimum Gasteiger partial charge on any atom is -0.472 e. The quantitative estimate of drug-likeness (QED) is 0.929. The van der Waals surface area contributed by atoms with E-state index in [-0.39, 0.29) is 5.91 Å². The van der Waals surface area contributed by atoms with E-state index < -0.39 is 0 Å². The number of carbonyl (C=O) groups excluding carboxylic acids is 1. The predicted molar refractivity (Wildman–Crippen MR) is 77.9 cm³/mol. The van der Waals surface area contributed by atoms with Crippen LogP contribution >= 0.6 is 0 Å². The SMILES string of the molecule is O=C(NCC1CCCN1c1ccccc1)c1ccoc1. The van der Waals surface area contributed by atoms with E-state index in [0.29, 0.717) is 18.2 Å². The maximum atomic E-state index is 11.9. The van der Waals surface area contributed by atoms with Crippen LogP contribution in [0.2, 0.25) is 0 Å². The number of para-hydroxylation sites is 1. The van der Waals surface area contributed by atoms with Crippen LogP contribution in [-0.4, -0.2) is 25.0 Å². The molecular weight excluding hydrogens is 252 g/mol. The second kappa shape index (κ2) is 5.82. The van der Waals surface area contributed by atoms with Crippen molar-refractivity contribution in [3.8, 4) is 0 Å². The Kier molecular flexibility index (Phi) is 3.72. The van der Waals surface area contributed by atoms with Crippen LogP contribution < -0.4 is 10.2 Å². The smallest absolute Gasteiger partial charge is 0.254 e. The number of nitrogens with zero attached hydrogens (tertiary/aromatic N) is 1. The fraction of sp³-hybridized carbons (Fsp3) is 0.312. The van der Waals surface area contributed by atoms with Crippen molar-refractivity contribution in [1.29, 1.82) is 0 Å². The normalized spacial score (nSPS) is 18.2. The third-order valence-corrected chi connectivity index (χ3v) is 3.75. The molecule has 1 aliphatic rings. The van der Waals surface area contributed by atoms with Crippen LogP contribution in [0, 0.1) is 0 Å². The van der Waals surface area contributed by atoms with E-state index in [2.05, 4.69) is 34.5 Å². The van der Waals surface area contributed by atoms with Crippen LogP contribution in [-0.2, 0) is 0 Å². The molecule has 0 bridgehead atoms. The van der Waals surface area contributed by atoms with Gasteiger partial charge in [0.05, 0.1) is 11.8 Å². The van der Waals surface area contributed by atoms with Gasteiger partial charge in [0.1, 0.15) is 6.26 Å². The molecule has 0 aliphatic carbocycles. The van der Waals surface area contributed by atoms with Gasteiger partial charge in [-0.05, 0) is 31.0 Å². The molecule has 3 rings (SSSR count). The maximum absolute atomic E-state index is 11.9. The number of anilines is 1. The first-order valence-electron chi connectivity index (χ1n) is 6.96. The molecule has 1 N–H and O–H groups in total. The summed E-state index contributed by atoms with van der Waals surface area (Å²) in [6.45, 7) is 1.72. The number of furan rings is 1. The predicted octanol–water partition coefficient (Wildman–Crippen LogP) is 2.68. The Morgan fingerprint density at radius 2 is 2.15 bits per heavy atom. The van der Waals surface area contributed by atoms with Gasteiger partial charge in [0.15, 0.2) is 0 Å². The zero-order valence-electron chi connectivity index (χ0n) is 11.3. The second-order valence-corrected chi connectivity index (χ2v) is 5.05. The maximum Gasteiger partial charge on any atom is 0.254 e. The first-order valence-corrected chi connectivity index (χ1v) is 6.96. The van der Waals surface area contributed by atoms with Gasteiger partial charge in [-0.15, -0.1) is 0 Å². The Morgan fingerprint density at radius 3 is 2.90 bits per heavy atom. The molecule has 20 heavy (non-hydrogen) atoms. The van der Waals surface area contributed by atoms with E-state index >= 15 is 0 Å². The minimum atomic E-state index is -0.0707. The zero-order chi connectivity index (χ0) is 13.8. The van der Waals surface area contributed by atoms with Gasteiger partial charge in [0, 0.05) is 24.8 Å². The molecule has 2 heterocycles. The van der Waals surface area contributed by atoms with Crippen molar-refractivity contribution in [2.24, 2.45) is 0 Å². The molecular formula is C16H18N2O2. The average Bonchev–Trinajstić information content (AvgIpc) is 3.17. The van der Waals surface area contributed by atoms with Gasteiger partial charge in [-0.1, -0.05) is 18.2 Å². The first kappa shape index (κ1) is 12.8. The van der Waals surface area contributed by atoms with Crippen molar-refractivity contribution in [1.82, 2.24) is 5.32 Å². The lowest BCUT2D eigenvalue weighted by atomic mass is 10.2. The van der Waals surface area contributed by atoms with Crippen molar-refractivity contribution >= 4 is 11.6 Å². The molecule has 1 amide bonds. The number of amides is 1. The van der Waals surface area contributed by atoms with Crippen molar-refractivity contribution in [2.45, 2.75) is 18.9 Å². The van der Waals surface area contributed by atoms with E-state index in [9.17, 15) is 4.79 Å². The van der Waals surface area contributed by atoms with Gasteiger partial charge in [0.25, 0.3) is 5.91 Å². The molecule has 0 radical (unpaired) electrons. The summed E-state index contributed by atoms with van der Waals surface area (Å²) < 4.78 is 4.93. The summed E-state index contributed by atoms with van der Waals surface area (Å²) in [5.41, 5.74) is 1.81. The van der Waals surface area contributed by atoms with Gasteiger partial charge in [-0.2, -0.15) is 0 Å². The molecule has 1 atom stereocenters. The van der Waals surface area contributed by atoms with Crippen LogP contribution in [0.15, 0.2) is 53.3 Å². The summed E-state index contributed by atoms with van der Waals surface area (Å²) in [6, 6.07) is 12.4. The van der Waals surface area contributed by atoms with Gasteiger partial charge in [-0.25, -0.2) is 0 Å². The first-order chi connectivity index (χ1) is 9.84. The fourth-order valence-electron chi connectivity index (χ4n) is 2.71. The van der Waals surface area contributed by atoms with Crippen LogP contribution in [0.3, 0.4) is 0 Å². The molecule has 0 saturated carbocycles. The van der Waals surface area contributed by atoms with Crippen LogP contribution in [0.25, 0.3) is 0 Å². The second-order valence-electron chi connectivity index (χ2n) is 5.05. The van der Waals surface area contributed by atoms with Gasteiger partial charge < -0.3 is 14.6 Å². The van der Waals surface area contributed by atoms with Crippen LogP contribution in [0.5, 0.6) is 0 Å².